The van der Waals surface area contributed by atoms with Crippen molar-refractivity contribution in [3.05, 3.63) is 12.2 Å². The molecule has 0 bridgehead atoms. The molecule has 0 saturated carbocycles. The van der Waals surface area contributed by atoms with Crippen LogP contribution in [-0.2, 0) is 23.9 Å². The van der Waals surface area contributed by atoms with Crippen molar-refractivity contribution in [3.63, 3.8) is 0 Å². The Labute approximate surface area is 86.5 Å². The van der Waals surface area contributed by atoms with Crippen LogP contribution in [0, 0.1) is 0 Å². The predicted octanol–water partition coefficient (Wildman–Crippen LogP) is 0.122. The Hall–Kier alpha value is -1.85. The molecule has 0 aliphatic heterocycles. The van der Waals surface area contributed by atoms with Gasteiger partial charge in [-0.3, -0.25) is 4.79 Å². The first kappa shape index (κ1) is 13.2. The molecule has 0 aromatic carbocycles. The SMILES string of the molecule is C=C(C)C(=O)OC(CC(=O)O)C(=O)OC. The highest BCUT2D eigenvalue weighted by atomic mass is 16.6. The van der Waals surface area contributed by atoms with Gasteiger partial charge >= 0.3 is 17.9 Å². The molecule has 84 valence electrons. The normalized spacial score (nSPS) is 11.3. The average molecular weight is 216 g/mol. The number of hydrogen-bond acceptors (Lipinski definition) is 5. The molecule has 0 radical (unpaired) electrons. The number of methoxy groups -OCH3 is 1. The molecule has 0 aromatic rings. The van der Waals surface area contributed by atoms with Crippen molar-refractivity contribution in [1.82, 2.24) is 0 Å². The Balaban J connectivity index is 4.50. The summed E-state index contributed by atoms with van der Waals surface area (Å²) in [7, 11) is 1.08. The van der Waals surface area contributed by atoms with Crippen LogP contribution in [0.3, 0.4) is 0 Å². The summed E-state index contributed by atoms with van der Waals surface area (Å²) in [5, 5.41) is 8.46. The molecular weight excluding hydrogens is 204 g/mol. The first-order valence-corrected chi connectivity index (χ1v) is 4.04. The summed E-state index contributed by atoms with van der Waals surface area (Å²) in [5.74, 6) is -3.00. The molecule has 0 heterocycles. The zero-order valence-corrected chi connectivity index (χ0v) is 8.48. The second-order valence-corrected chi connectivity index (χ2v) is 2.80. The third-order valence-electron chi connectivity index (χ3n) is 1.42. The molecule has 1 atom stereocenters. The number of carbonyl (C=O) groups excluding carboxylic acids is 2. The summed E-state index contributed by atoms with van der Waals surface area (Å²) in [6.45, 7) is 4.68. The smallest absolute Gasteiger partial charge is 0.347 e. The van der Waals surface area contributed by atoms with Gasteiger partial charge in [0.15, 0.2) is 0 Å². The van der Waals surface area contributed by atoms with E-state index in [0.717, 1.165) is 7.11 Å². The number of ether oxygens (including phenoxy) is 2. The van der Waals surface area contributed by atoms with Crippen molar-refractivity contribution in [2.75, 3.05) is 7.11 Å². The fourth-order valence-corrected chi connectivity index (χ4v) is 0.693. The van der Waals surface area contributed by atoms with Gasteiger partial charge in [0.2, 0.25) is 6.10 Å². The van der Waals surface area contributed by atoms with E-state index in [9.17, 15) is 14.4 Å². The Kier molecular flexibility index (Phi) is 5.08. The third-order valence-corrected chi connectivity index (χ3v) is 1.42. The van der Waals surface area contributed by atoms with E-state index in [-0.39, 0.29) is 5.57 Å². The Bertz CT molecular complexity index is 293. The van der Waals surface area contributed by atoms with Crippen molar-refractivity contribution in [3.8, 4) is 0 Å². The second-order valence-electron chi connectivity index (χ2n) is 2.80. The lowest BCUT2D eigenvalue weighted by Gasteiger charge is -2.13. The van der Waals surface area contributed by atoms with E-state index in [4.69, 9.17) is 5.11 Å². The van der Waals surface area contributed by atoms with Crippen molar-refractivity contribution in [1.29, 1.82) is 0 Å². The number of esters is 2. The summed E-state index contributed by atoms with van der Waals surface area (Å²) in [5.41, 5.74) is 0.0780. The molecule has 1 N–H and O–H groups in total. The molecule has 0 aliphatic rings. The molecule has 0 fully saturated rings. The third kappa shape index (κ3) is 4.80. The van der Waals surface area contributed by atoms with Gasteiger partial charge in [0.05, 0.1) is 13.5 Å². The van der Waals surface area contributed by atoms with Gasteiger partial charge in [-0.25, -0.2) is 9.59 Å². The molecule has 0 saturated heterocycles. The van der Waals surface area contributed by atoms with E-state index < -0.39 is 30.4 Å². The van der Waals surface area contributed by atoms with Crippen LogP contribution >= 0.6 is 0 Å². The summed E-state index contributed by atoms with van der Waals surface area (Å²) < 4.78 is 8.87. The minimum atomic E-state index is -1.43. The standard InChI is InChI=1S/C9H12O6/c1-5(2)8(12)15-6(4-7(10)11)9(13)14-3/h6H,1,4H2,2-3H3,(H,10,11). The summed E-state index contributed by atoms with van der Waals surface area (Å²) in [4.78, 5) is 32.4. The molecule has 15 heavy (non-hydrogen) atoms. The van der Waals surface area contributed by atoms with Gasteiger partial charge in [0, 0.05) is 5.57 Å². The average Bonchev–Trinajstić information content (AvgIpc) is 2.14. The van der Waals surface area contributed by atoms with Gasteiger partial charge in [-0.1, -0.05) is 6.58 Å². The minimum Gasteiger partial charge on any atom is -0.481 e. The Morgan fingerprint density at radius 2 is 1.93 bits per heavy atom. The molecule has 6 nitrogen and oxygen atoms in total. The van der Waals surface area contributed by atoms with Crippen molar-refractivity contribution in [2.24, 2.45) is 0 Å². The molecule has 1 unspecified atom stereocenters. The largest absolute Gasteiger partial charge is 0.481 e. The number of carboxylic acid groups (broad SMARTS) is 1. The van der Waals surface area contributed by atoms with Crippen LogP contribution in [0.2, 0.25) is 0 Å². The van der Waals surface area contributed by atoms with E-state index in [1.54, 1.807) is 0 Å². The summed E-state index contributed by atoms with van der Waals surface area (Å²) >= 11 is 0. The lowest BCUT2D eigenvalue weighted by atomic mass is 10.2. The highest BCUT2D eigenvalue weighted by Crippen LogP contribution is 2.05. The molecular formula is C9H12O6. The van der Waals surface area contributed by atoms with E-state index in [0.29, 0.717) is 0 Å². The van der Waals surface area contributed by atoms with Crippen LogP contribution in [0.4, 0.5) is 0 Å². The fourth-order valence-electron chi connectivity index (χ4n) is 0.693. The van der Waals surface area contributed by atoms with Gasteiger partial charge in [0.1, 0.15) is 0 Å². The molecule has 0 amide bonds. The molecule has 0 spiro atoms. The molecule has 0 aromatic heterocycles. The maximum absolute atomic E-state index is 11.0. The highest BCUT2D eigenvalue weighted by molar-refractivity contribution is 5.90. The summed E-state index contributed by atoms with van der Waals surface area (Å²) in [6, 6.07) is 0. The topological polar surface area (TPSA) is 89.9 Å². The van der Waals surface area contributed by atoms with Gasteiger partial charge < -0.3 is 14.6 Å². The first-order valence-electron chi connectivity index (χ1n) is 4.04. The number of carboxylic acids is 1. The Morgan fingerprint density at radius 3 is 2.27 bits per heavy atom. The van der Waals surface area contributed by atoms with Crippen LogP contribution in [0.25, 0.3) is 0 Å². The lowest BCUT2D eigenvalue weighted by Crippen LogP contribution is -2.31. The monoisotopic (exact) mass is 216 g/mol. The van der Waals surface area contributed by atoms with Crippen LogP contribution in [0.1, 0.15) is 13.3 Å². The van der Waals surface area contributed by atoms with Gasteiger partial charge in [0.25, 0.3) is 0 Å². The van der Waals surface area contributed by atoms with Crippen LogP contribution in [0.15, 0.2) is 12.2 Å². The minimum absolute atomic E-state index is 0.0780. The van der Waals surface area contributed by atoms with Gasteiger partial charge in [-0.05, 0) is 6.92 Å². The van der Waals surface area contributed by atoms with Crippen LogP contribution in [0.5, 0.6) is 0 Å². The van der Waals surface area contributed by atoms with Crippen LogP contribution in [-0.4, -0.2) is 36.2 Å². The molecule has 6 heteroatoms. The van der Waals surface area contributed by atoms with Crippen LogP contribution < -0.4 is 0 Å². The Morgan fingerprint density at radius 1 is 1.40 bits per heavy atom. The zero-order valence-electron chi connectivity index (χ0n) is 8.48. The maximum Gasteiger partial charge on any atom is 0.347 e. The number of rotatable bonds is 5. The molecule has 0 rings (SSSR count). The quantitative estimate of drug-likeness (QED) is 0.518. The lowest BCUT2D eigenvalue weighted by molar-refractivity contribution is -0.167. The number of hydrogen-bond donors (Lipinski definition) is 1. The van der Waals surface area contributed by atoms with Crippen molar-refractivity contribution >= 4 is 17.9 Å². The van der Waals surface area contributed by atoms with Gasteiger partial charge in [-0.15, -0.1) is 0 Å². The van der Waals surface area contributed by atoms with Crippen molar-refractivity contribution < 1.29 is 29.0 Å². The fraction of sp³-hybridized carbons (Fsp3) is 0.444. The van der Waals surface area contributed by atoms with E-state index in [2.05, 4.69) is 16.1 Å². The zero-order chi connectivity index (χ0) is 12.0. The maximum atomic E-state index is 11.0. The predicted molar refractivity (Wildman–Crippen MR) is 49.0 cm³/mol. The summed E-state index contributed by atoms with van der Waals surface area (Å²) in [6.07, 6.45) is -2.07. The van der Waals surface area contributed by atoms with Gasteiger partial charge in [-0.2, -0.15) is 0 Å². The number of aliphatic carboxylic acids is 1. The van der Waals surface area contributed by atoms with E-state index in [1.165, 1.54) is 6.92 Å². The van der Waals surface area contributed by atoms with E-state index >= 15 is 0 Å². The molecule has 0 aliphatic carbocycles. The second kappa shape index (κ2) is 5.79. The first-order chi connectivity index (χ1) is 6.88. The highest BCUT2D eigenvalue weighted by Gasteiger charge is 2.26. The van der Waals surface area contributed by atoms with E-state index in [1.807, 2.05) is 0 Å². The van der Waals surface area contributed by atoms with Crippen molar-refractivity contribution in [2.45, 2.75) is 19.4 Å². The number of carbonyl (C=O) groups is 3.